The van der Waals surface area contributed by atoms with E-state index in [0.29, 0.717) is 13.1 Å². The van der Waals surface area contributed by atoms with Crippen LogP contribution < -0.4 is 5.32 Å². The molecule has 2 fully saturated rings. The number of carboxylic acids is 1. The Morgan fingerprint density at radius 1 is 1.41 bits per heavy atom. The monoisotopic (exact) mass is 240 g/mol. The van der Waals surface area contributed by atoms with E-state index in [4.69, 9.17) is 5.11 Å². The number of hydrogen-bond donors (Lipinski definition) is 2. The van der Waals surface area contributed by atoms with Crippen molar-refractivity contribution in [2.45, 2.75) is 45.1 Å². The second-order valence-electron chi connectivity index (χ2n) is 5.54. The molecule has 2 amide bonds. The molecule has 5 heteroatoms. The van der Waals surface area contributed by atoms with Gasteiger partial charge in [-0.25, -0.2) is 4.79 Å². The predicted molar refractivity (Wildman–Crippen MR) is 62.7 cm³/mol. The summed E-state index contributed by atoms with van der Waals surface area (Å²) in [4.78, 5) is 24.2. The van der Waals surface area contributed by atoms with Gasteiger partial charge in [0.2, 0.25) is 0 Å². The van der Waals surface area contributed by atoms with Crippen LogP contribution >= 0.6 is 0 Å². The zero-order valence-corrected chi connectivity index (χ0v) is 10.2. The Morgan fingerprint density at radius 2 is 2.06 bits per heavy atom. The van der Waals surface area contributed by atoms with Crippen molar-refractivity contribution >= 4 is 12.0 Å². The fourth-order valence-electron chi connectivity index (χ4n) is 1.83. The Kier molecular flexibility index (Phi) is 3.26. The largest absolute Gasteiger partial charge is 0.481 e. The third kappa shape index (κ3) is 3.61. The van der Waals surface area contributed by atoms with Gasteiger partial charge in [-0.3, -0.25) is 4.79 Å². The Labute approximate surface area is 101 Å². The molecule has 2 rings (SSSR count). The highest BCUT2D eigenvalue weighted by molar-refractivity contribution is 5.76. The van der Waals surface area contributed by atoms with Crippen LogP contribution in [-0.4, -0.2) is 41.1 Å². The van der Waals surface area contributed by atoms with Gasteiger partial charge in [-0.1, -0.05) is 6.92 Å². The molecule has 96 valence electrons. The molecule has 0 atom stereocenters. The lowest BCUT2D eigenvalue weighted by molar-refractivity contribution is -0.137. The number of carboxylic acid groups (broad SMARTS) is 1. The van der Waals surface area contributed by atoms with Crippen LogP contribution in [0.2, 0.25) is 0 Å². The highest BCUT2D eigenvalue weighted by Crippen LogP contribution is 2.44. The maximum atomic E-state index is 11.9. The molecule has 0 heterocycles. The Bertz CT molecular complexity index is 322. The molecule has 0 aromatic rings. The van der Waals surface area contributed by atoms with Gasteiger partial charge in [0.25, 0.3) is 0 Å². The lowest BCUT2D eigenvalue weighted by Gasteiger charge is -2.23. The van der Waals surface area contributed by atoms with Crippen molar-refractivity contribution < 1.29 is 14.7 Å². The topological polar surface area (TPSA) is 69.6 Å². The van der Waals surface area contributed by atoms with E-state index < -0.39 is 5.97 Å². The summed E-state index contributed by atoms with van der Waals surface area (Å²) < 4.78 is 0. The number of hydrogen-bond acceptors (Lipinski definition) is 2. The fourth-order valence-corrected chi connectivity index (χ4v) is 1.83. The highest BCUT2D eigenvalue weighted by atomic mass is 16.4. The third-order valence-electron chi connectivity index (χ3n) is 3.59. The molecule has 0 unspecified atom stereocenters. The summed E-state index contributed by atoms with van der Waals surface area (Å²) in [5.41, 5.74) is 0.289. The van der Waals surface area contributed by atoms with E-state index in [9.17, 15) is 9.59 Å². The Hall–Kier alpha value is -1.26. The summed E-state index contributed by atoms with van der Waals surface area (Å²) in [5, 5.41) is 11.6. The highest BCUT2D eigenvalue weighted by Gasteiger charge is 2.39. The Morgan fingerprint density at radius 3 is 2.53 bits per heavy atom. The first-order chi connectivity index (χ1) is 8.00. The smallest absolute Gasteiger partial charge is 0.317 e. The minimum atomic E-state index is -0.849. The molecular formula is C12H20N2O3. The van der Waals surface area contributed by atoms with Crippen LogP contribution in [0.4, 0.5) is 4.79 Å². The Balaban J connectivity index is 1.77. The molecular weight excluding hydrogens is 220 g/mol. The summed E-state index contributed by atoms with van der Waals surface area (Å²) in [7, 11) is 0. The quantitative estimate of drug-likeness (QED) is 0.738. The number of aliphatic carboxylic acids is 1. The third-order valence-corrected chi connectivity index (χ3v) is 3.59. The molecule has 2 aliphatic carbocycles. The van der Waals surface area contributed by atoms with Gasteiger partial charge in [0.05, 0.1) is 6.42 Å². The molecule has 17 heavy (non-hydrogen) atoms. The van der Waals surface area contributed by atoms with Crippen LogP contribution in [0.1, 0.15) is 39.0 Å². The summed E-state index contributed by atoms with van der Waals surface area (Å²) in [6.07, 6.45) is 4.38. The van der Waals surface area contributed by atoms with Crippen molar-refractivity contribution in [1.82, 2.24) is 10.2 Å². The van der Waals surface area contributed by atoms with Crippen molar-refractivity contribution in [3.63, 3.8) is 0 Å². The standard InChI is InChI=1S/C12H20N2O3/c1-12(5-6-12)8-13-11(17)14(9-2-3-9)7-4-10(15)16/h9H,2-8H2,1H3,(H,13,17)(H,15,16). The molecule has 0 radical (unpaired) electrons. The van der Waals surface area contributed by atoms with E-state index in [1.54, 1.807) is 4.90 Å². The van der Waals surface area contributed by atoms with Gasteiger partial charge in [0.1, 0.15) is 0 Å². The van der Waals surface area contributed by atoms with E-state index in [0.717, 1.165) is 12.8 Å². The number of carbonyl (C=O) groups is 2. The molecule has 0 aliphatic heterocycles. The number of urea groups is 1. The molecule has 2 saturated carbocycles. The van der Waals surface area contributed by atoms with E-state index in [2.05, 4.69) is 12.2 Å². The maximum Gasteiger partial charge on any atom is 0.317 e. The summed E-state index contributed by atoms with van der Waals surface area (Å²) in [6.45, 7) is 3.19. The normalized spacial score (nSPS) is 20.8. The summed E-state index contributed by atoms with van der Waals surface area (Å²) in [5.74, 6) is -0.849. The van der Waals surface area contributed by atoms with Crippen LogP contribution in [0.3, 0.4) is 0 Å². The van der Waals surface area contributed by atoms with Gasteiger partial charge in [0, 0.05) is 19.1 Å². The van der Waals surface area contributed by atoms with Gasteiger partial charge in [-0.15, -0.1) is 0 Å². The SMILES string of the molecule is CC1(CNC(=O)N(CCC(=O)O)C2CC2)CC1. The van der Waals surface area contributed by atoms with Crippen LogP contribution in [0, 0.1) is 5.41 Å². The maximum absolute atomic E-state index is 11.9. The zero-order valence-electron chi connectivity index (χ0n) is 10.2. The molecule has 0 spiro atoms. The predicted octanol–water partition coefficient (Wildman–Crippen LogP) is 1.44. The van der Waals surface area contributed by atoms with Crippen LogP contribution in [0.25, 0.3) is 0 Å². The average Bonchev–Trinajstić information content (AvgIpc) is 3.13. The first-order valence-electron chi connectivity index (χ1n) is 6.26. The van der Waals surface area contributed by atoms with Crippen molar-refractivity contribution in [3.05, 3.63) is 0 Å². The van der Waals surface area contributed by atoms with E-state index in [1.165, 1.54) is 12.8 Å². The molecule has 5 nitrogen and oxygen atoms in total. The minimum absolute atomic E-state index is 0.0290. The van der Waals surface area contributed by atoms with Gasteiger partial charge in [0.15, 0.2) is 0 Å². The van der Waals surface area contributed by atoms with E-state index in [1.807, 2.05) is 0 Å². The molecule has 2 aliphatic rings. The van der Waals surface area contributed by atoms with Crippen LogP contribution in [0.5, 0.6) is 0 Å². The average molecular weight is 240 g/mol. The van der Waals surface area contributed by atoms with Gasteiger partial charge < -0.3 is 15.3 Å². The summed E-state index contributed by atoms with van der Waals surface area (Å²) in [6, 6.07) is 0.170. The van der Waals surface area contributed by atoms with Crippen molar-refractivity contribution in [2.75, 3.05) is 13.1 Å². The molecule has 0 aromatic heterocycles. The second kappa shape index (κ2) is 4.55. The van der Waals surface area contributed by atoms with Gasteiger partial charge in [-0.2, -0.15) is 0 Å². The van der Waals surface area contributed by atoms with Crippen LogP contribution in [-0.2, 0) is 4.79 Å². The zero-order chi connectivity index (χ0) is 12.5. The van der Waals surface area contributed by atoms with Gasteiger partial charge in [-0.05, 0) is 31.1 Å². The molecule has 0 saturated heterocycles. The van der Waals surface area contributed by atoms with E-state index >= 15 is 0 Å². The first-order valence-corrected chi connectivity index (χ1v) is 6.26. The lowest BCUT2D eigenvalue weighted by Crippen LogP contribution is -2.44. The fraction of sp³-hybridized carbons (Fsp3) is 0.833. The van der Waals surface area contributed by atoms with E-state index in [-0.39, 0.29) is 23.9 Å². The van der Waals surface area contributed by atoms with Crippen molar-refractivity contribution in [2.24, 2.45) is 5.41 Å². The van der Waals surface area contributed by atoms with Crippen molar-refractivity contribution in [1.29, 1.82) is 0 Å². The van der Waals surface area contributed by atoms with Crippen LogP contribution in [0.15, 0.2) is 0 Å². The molecule has 2 N–H and O–H groups in total. The first kappa shape index (κ1) is 12.2. The number of rotatable bonds is 6. The number of carbonyl (C=O) groups excluding carboxylic acids is 1. The molecule has 0 aromatic carbocycles. The second-order valence-corrected chi connectivity index (χ2v) is 5.54. The number of amides is 2. The van der Waals surface area contributed by atoms with Crippen molar-refractivity contribution in [3.8, 4) is 0 Å². The van der Waals surface area contributed by atoms with Gasteiger partial charge >= 0.3 is 12.0 Å². The number of nitrogens with one attached hydrogen (secondary N) is 1. The number of nitrogens with zero attached hydrogens (tertiary/aromatic N) is 1. The molecule has 0 bridgehead atoms. The minimum Gasteiger partial charge on any atom is -0.481 e. The summed E-state index contributed by atoms with van der Waals surface area (Å²) >= 11 is 0. The lowest BCUT2D eigenvalue weighted by atomic mass is 10.1.